The van der Waals surface area contributed by atoms with Gasteiger partial charge in [-0.1, -0.05) is 6.07 Å². The summed E-state index contributed by atoms with van der Waals surface area (Å²) in [5, 5.41) is 10.2. The van der Waals surface area contributed by atoms with Gasteiger partial charge in [-0.2, -0.15) is 0 Å². The van der Waals surface area contributed by atoms with Crippen LogP contribution in [0.2, 0.25) is 0 Å². The first-order chi connectivity index (χ1) is 8.22. The molecule has 0 radical (unpaired) electrons. The second-order valence-electron chi connectivity index (χ2n) is 4.32. The number of carbonyl (C=O) groups excluding carboxylic acids is 1. The van der Waals surface area contributed by atoms with Crippen LogP contribution < -0.4 is 0 Å². The Labute approximate surface area is 101 Å². The van der Waals surface area contributed by atoms with E-state index < -0.39 is 6.23 Å². The summed E-state index contributed by atoms with van der Waals surface area (Å²) < 4.78 is 0. The van der Waals surface area contributed by atoms with Crippen molar-refractivity contribution in [2.45, 2.75) is 19.2 Å². The van der Waals surface area contributed by atoms with Crippen molar-refractivity contribution in [2.24, 2.45) is 0 Å². The van der Waals surface area contributed by atoms with E-state index in [0.717, 1.165) is 6.41 Å². The predicted octanol–water partition coefficient (Wildman–Crippen LogP) is 0.235. The Hall–Kier alpha value is -1.46. The lowest BCUT2D eigenvalue weighted by molar-refractivity contribution is -0.124. The number of rotatable bonds is 3. The summed E-state index contributed by atoms with van der Waals surface area (Å²) in [6.45, 7) is 3.96. The number of aliphatic hydroxyl groups is 1. The van der Waals surface area contributed by atoms with Crippen LogP contribution in [0, 0.1) is 0 Å². The number of nitrogens with zero attached hydrogens (tertiary/aromatic N) is 3. The Morgan fingerprint density at radius 1 is 1.53 bits per heavy atom. The summed E-state index contributed by atoms with van der Waals surface area (Å²) in [6.07, 6.45) is 1.84. The summed E-state index contributed by atoms with van der Waals surface area (Å²) in [5.41, 5.74) is 0.652. The fraction of sp³-hybridized carbons (Fsp3) is 0.500. The van der Waals surface area contributed by atoms with E-state index in [-0.39, 0.29) is 6.04 Å². The van der Waals surface area contributed by atoms with E-state index in [2.05, 4.69) is 4.98 Å². The van der Waals surface area contributed by atoms with Gasteiger partial charge in [0.1, 0.15) is 0 Å². The van der Waals surface area contributed by atoms with Gasteiger partial charge in [0, 0.05) is 31.9 Å². The quantitative estimate of drug-likeness (QED) is 0.762. The van der Waals surface area contributed by atoms with Crippen molar-refractivity contribution in [3.05, 3.63) is 30.1 Å². The molecule has 1 aromatic heterocycles. The molecule has 0 aliphatic carbocycles. The Balaban J connectivity index is 2.06. The molecule has 2 heterocycles. The Morgan fingerprint density at radius 2 is 2.35 bits per heavy atom. The number of piperazine rings is 1. The molecular weight excluding hydrogens is 218 g/mol. The predicted molar refractivity (Wildman–Crippen MR) is 63.0 cm³/mol. The molecule has 2 rings (SSSR count). The van der Waals surface area contributed by atoms with Crippen LogP contribution >= 0.6 is 0 Å². The third-order valence-electron chi connectivity index (χ3n) is 3.13. The van der Waals surface area contributed by atoms with Crippen molar-refractivity contribution in [3.63, 3.8) is 0 Å². The lowest BCUT2D eigenvalue weighted by atomic mass is 10.1. The molecule has 1 aliphatic rings. The zero-order valence-corrected chi connectivity index (χ0v) is 9.86. The standard InChI is InChI=1S/C12H17N3O2/c1-10-8-14(9-16)6-7-15(10)12(17)11-4-2-3-5-13-11/h2-5,9-10,12,17H,6-8H2,1H3. The Bertz CT molecular complexity index is 371. The van der Waals surface area contributed by atoms with Crippen LogP contribution in [0.5, 0.6) is 0 Å². The Morgan fingerprint density at radius 3 is 2.94 bits per heavy atom. The fourth-order valence-corrected chi connectivity index (χ4v) is 2.16. The van der Waals surface area contributed by atoms with E-state index in [9.17, 15) is 9.90 Å². The lowest BCUT2D eigenvalue weighted by Gasteiger charge is -2.40. The molecule has 1 saturated heterocycles. The number of amides is 1. The molecule has 5 heteroatoms. The van der Waals surface area contributed by atoms with E-state index in [0.29, 0.717) is 25.3 Å². The highest BCUT2D eigenvalue weighted by Gasteiger charge is 2.28. The van der Waals surface area contributed by atoms with E-state index in [1.54, 1.807) is 11.1 Å². The second kappa shape index (κ2) is 5.25. The first kappa shape index (κ1) is 12.0. The summed E-state index contributed by atoms with van der Waals surface area (Å²) >= 11 is 0. The number of hydrogen-bond donors (Lipinski definition) is 1. The van der Waals surface area contributed by atoms with Gasteiger partial charge in [0.15, 0.2) is 6.23 Å². The third-order valence-corrected chi connectivity index (χ3v) is 3.13. The van der Waals surface area contributed by atoms with Crippen molar-refractivity contribution in [3.8, 4) is 0 Å². The van der Waals surface area contributed by atoms with Gasteiger partial charge >= 0.3 is 0 Å². The minimum Gasteiger partial charge on any atom is -0.372 e. The largest absolute Gasteiger partial charge is 0.372 e. The molecule has 0 saturated carbocycles. The van der Waals surface area contributed by atoms with Crippen LogP contribution in [0.4, 0.5) is 0 Å². The second-order valence-corrected chi connectivity index (χ2v) is 4.32. The molecule has 5 nitrogen and oxygen atoms in total. The smallest absolute Gasteiger partial charge is 0.209 e. The van der Waals surface area contributed by atoms with Crippen LogP contribution in [-0.4, -0.2) is 52.0 Å². The zero-order chi connectivity index (χ0) is 12.3. The summed E-state index contributed by atoms with van der Waals surface area (Å²) in [4.78, 5) is 18.5. The van der Waals surface area contributed by atoms with Gasteiger partial charge < -0.3 is 10.0 Å². The zero-order valence-electron chi connectivity index (χ0n) is 9.86. The minimum absolute atomic E-state index is 0.131. The number of pyridine rings is 1. The molecule has 1 amide bonds. The van der Waals surface area contributed by atoms with Crippen molar-refractivity contribution >= 4 is 6.41 Å². The van der Waals surface area contributed by atoms with Gasteiger partial charge in [0.2, 0.25) is 6.41 Å². The van der Waals surface area contributed by atoms with Crippen molar-refractivity contribution in [1.82, 2.24) is 14.8 Å². The van der Waals surface area contributed by atoms with Gasteiger partial charge in [-0.25, -0.2) is 0 Å². The normalized spacial score (nSPS) is 23.4. The molecule has 0 bridgehead atoms. The maximum absolute atomic E-state index is 10.7. The van der Waals surface area contributed by atoms with Crippen LogP contribution in [0.3, 0.4) is 0 Å². The average Bonchev–Trinajstić information content (AvgIpc) is 2.39. The van der Waals surface area contributed by atoms with Crippen molar-refractivity contribution in [2.75, 3.05) is 19.6 Å². The van der Waals surface area contributed by atoms with E-state index in [4.69, 9.17) is 0 Å². The summed E-state index contributed by atoms with van der Waals surface area (Å²) in [5.74, 6) is 0. The monoisotopic (exact) mass is 235 g/mol. The molecule has 1 aromatic rings. The lowest BCUT2D eigenvalue weighted by Crippen LogP contribution is -2.52. The van der Waals surface area contributed by atoms with Crippen molar-refractivity contribution < 1.29 is 9.90 Å². The van der Waals surface area contributed by atoms with Crippen LogP contribution in [-0.2, 0) is 4.79 Å². The molecule has 1 fully saturated rings. The van der Waals surface area contributed by atoms with Crippen molar-refractivity contribution in [1.29, 1.82) is 0 Å². The molecule has 2 unspecified atom stereocenters. The molecule has 17 heavy (non-hydrogen) atoms. The van der Waals surface area contributed by atoms with Crippen LogP contribution in [0.1, 0.15) is 18.8 Å². The molecule has 2 atom stereocenters. The summed E-state index contributed by atoms with van der Waals surface area (Å²) in [7, 11) is 0. The minimum atomic E-state index is -0.694. The Kier molecular flexibility index (Phi) is 3.71. The molecule has 0 spiro atoms. The fourth-order valence-electron chi connectivity index (χ4n) is 2.16. The molecule has 92 valence electrons. The van der Waals surface area contributed by atoms with Gasteiger partial charge in [-0.3, -0.25) is 14.7 Å². The van der Waals surface area contributed by atoms with E-state index in [1.165, 1.54) is 0 Å². The van der Waals surface area contributed by atoms with Gasteiger partial charge in [0.05, 0.1) is 5.69 Å². The average molecular weight is 235 g/mol. The van der Waals surface area contributed by atoms with Crippen LogP contribution in [0.15, 0.2) is 24.4 Å². The summed E-state index contributed by atoms with van der Waals surface area (Å²) in [6, 6.07) is 5.62. The highest BCUT2D eigenvalue weighted by atomic mass is 16.3. The molecule has 0 aromatic carbocycles. The highest BCUT2D eigenvalue weighted by Crippen LogP contribution is 2.20. The van der Waals surface area contributed by atoms with E-state index in [1.807, 2.05) is 30.0 Å². The molecule has 1 N–H and O–H groups in total. The third kappa shape index (κ3) is 2.62. The number of aromatic nitrogens is 1. The highest BCUT2D eigenvalue weighted by molar-refractivity contribution is 5.47. The maximum atomic E-state index is 10.7. The number of carbonyl (C=O) groups is 1. The van der Waals surface area contributed by atoms with Gasteiger partial charge in [-0.15, -0.1) is 0 Å². The van der Waals surface area contributed by atoms with E-state index >= 15 is 0 Å². The van der Waals surface area contributed by atoms with Crippen LogP contribution in [0.25, 0.3) is 0 Å². The SMILES string of the molecule is CC1CN(C=O)CCN1C(O)c1ccccn1. The number of aliphatic hydroxyl groups excluding tert-OH is 1. The van der Waals surface area contributed by atoms with Gasteiger partial charge in [-0.05, 0) is 19.1 Å². The topological polar surface area (TPSA) is 56.7 Å². The molecular formula is C12H17N3O2. The maximum Gasteiger partial charge on any atom is 0.209 e. The van der Waals surface area contributed by atoms with Gasteiger partial charge in [0.25, 0.3) is 0 Å². The number of hydrogen-bond acceptors (Lipinski definition) is 4. The first-order valence-electron chi connectivity index (χ1n) is 5.76. The first-order valence-corrected chi connectivity index (χ1v) is 5.76. The molecule has 1 aliphatic heterocycles.